The Balaban J connectivity index is 2.29. The second kappa shape index (κ2) is 5.22. The minimum Gasteiger partial charge on any atom is -0.496 e. The first-order valence-electron chi connectivity index (χ1n) is 5.89. The maximum Gasteiger partial charge on any atom is 0.188 e. The average Bonchev–Trinajstić information content (AvgIpc) is 2.67. The van der Waals surface area contributed by atoms with E-state index in [1.807, 2.05) is 19.9 Å². The number of nitrogens with zero attached hydrogens (tertiary/aromatic N) is 2. The van der Waals surface area contributed by atoms with Crippen LogP contribution in [-0.4, -0.2) is 22.7 Å². The third-order valence-corrected chi connectivity index (χ3v) is 2.86. The molecular weight excluding hydrogens is 247 g/mol. The second-order valence-corrected chi connectivity index (χ2v) is 4.35. The molecule has 0 N–H and O–H groups in total. The van der Waals surface area contributed by atoms with Crippen molar-refractivity contribution in [3.63, 3.8) is 0 Å². The van der Waals surface area contributed by atoms with Crippen molar-refractivity contribution in [3.05, 3.63) is 47.0 Å². The van der Waals surface area contributed by atoms with E-state index in [1.165, 1.54) is 25.3 Å². The first kappa shape index (κ1) is 13.3. The summed E-state index contributed by atoms with van der Waals surface area (Å²) in [7, 11) is 1.45. The normalized spacial score (nSPS) is 10.5. The van der Waals surface area contributed by atoms with Gasteiger partial charge in [0.2, 0.25) is 0 Å². The van der Waals surface area contributed by atoms with Gasteiger partial charge in [-0.05, 0) is 38.1 Å². The summed E-state index contributed by atoms with van der Waals surface area (Å²) in [4.78, 5) is 12.2. The van der Waals surface area contributed by atoms with Gasteiger partial charge in [0.25, 0.3) is 0 Å². The van der Waals surface area contributed by atoms with Gasteiger partial charge in [0.15, 0.2) is 5.78 Å². The van der Waals surface area contributed by atoms with Gasteiger partial charge in [0, 0.05) is 5.69 Å². The maximum atomic E-state index is 13.2. The highest BCUT2D eigenvalue weighted by Gasteiger charge is 2.15. The zero-order valence-electron chi connectivity index (χ0n) is 11.1. The molecule has 1 aromatic carbocycles. The molecule has 0 saturated heterocycles. The number of hydrogen-bond acceptors (Lipinski definition) is 3. The summed E-state index contributed by atoms with van der Waals surface area (Å²) < 4.78 is 19.9. The van der Waals surface area contributed by atoms with Crippen LogP contribution in [0.4, 0.5) is 4.39 Å². The summed E-state index contributed by atoms with van der Waals surface area (Å²) in [6.07, 6.45) is 0. The summed E-state index contributed by atoms with van der Waals surface area (Å²) in [5.41, 5.74) is 1.97. The lowest BCUT2D eigenvalue weighted by atomic mass is 10.1. The lowest BCUT2D eigenvalue weighted by Crippen LogP contribution is -2.14. The highest BCUT2D eigenvalue weighted by atomic mass is 19.1. The molecule has 4 nitrogen and oxygen atoms in total. The number of methoxy groups -OCH3 is 1. The molecule has 19 heavy (non-hydrogen) atoms. The van der Waals surface area contributed by atoms with Gasteiger partial charge in [-0.15, -0.1) is 0 Å². The fourth-order valence-electron chi connectivity index (χ4n) is 1.95. The number of Topliss-reactive ketones (excluding diaryl/α,β-unsaturated/α-hetero) is 1. The third kappa shape index (κ3) is 2.81. The van der Waals surface area contributed by atoms with Crippen LogP contribution in [0.15, 0.2) is 24.3 Å². The molecule has 0 radical (unpaired) electrons. The minimum absolute atomic E-state index is 0.0689. The van der Waals surface area contributed by atoms with Crippen LogP contribution < -0.4 is 4.74 Å². The number of ketones is 1. The predicted octanol–water partition coefficient (Wildman–Crippen LogP) is 2.53. The Kier molecular flexibility index (Phi) is 3.64. The van der Waals surface area contributed by atoms with E-state index in [4.69, 9.17) is 4.74 Å². The zero-order chi connectivity index (χ0) is 14.0. The molecule has 1 aromatic heterocycles. The monoisotopic (exact) mass is 262 g/mol. The zero-order valence-corrected chi connectivity index (χ0v) is 11.1. The Morgan fingerprint density at radius 3 is 2.68 bits per heavy atom. The fourth-order valence-corrected chi connectivity index (χ4v) is 1.95. The fraction of sp³-hybridized carbons (Fsp3) is 0.286. The van der Waals surface area contributed by atoms with Crippen LogP contribution in [0.5, 0.6) is 5.75 Å². The van der Waals surface area contributed by atoms with Crippen molar-refractivity contribution in [2.75, 3.05) is 7.11 Å². The third-order valence-electron chi connectivity index (χ3n) is 2.86. The van der Waals surface area contributed by atoms with E-state index < -0.39 is 5.82 Å². The topological polar surface area (TPSA) is 44.1 Å². The Hall–Kier alpha value is -2.17. The van der Waals surface area contributed by atoms with E-state index in [2.05, 4.69) is 5.10 Å². The van der Waals surface area contributed by atoms with Crippen molar-refractivity contribution >= 4 is 5.78 Å². The molecule has 0 spiro atoms. The van der Waals surface area contributed by atoms with E-state index in [9.17, 15) is 9.18 Å². The summed E-state index contributed by atoms with van der Waals surface area (Å²) >= 11 is 0. The molecule has 0 aliphatic heterocycles. The van der Waals surface area contributed by atoms with Gasteiger partial charge < -0.3 is 4.74 Å². The molecule has 2 rings (SSSR count). The van der Waals surface area contributed by atoms with Crippen molar-refractivity contribution in [1.82, 2.24) is 9.78 Å². The number of halogens is 1. The van der Waals surface area contributed by atoms with Crippen LogP contribution in [-0.2, 0) is 6.54 Å². The van der Waals surface area contributed by atoms with Crippen molar-refractivity contribution in [2.24, 2.45) is 0 Å². The molecule has 1 heterocycles. The maximum absolute atomic E-state index is 13.2. The predicted molar refractivity (Wildman–Crippen MR) is 69.0 cm³/mol. The van der Waals surface area contributed by atoms with E-state index in [1.54, 1.807) is 4.68 Å². The van der Waals surface area contributed by atoms with Gasteiger partial charge in [-0.2, -0.15) is 5.10 Å². The van der Waals surface area contributed by atoms with Crippen molar-refractivity contribution in [1.29, 1.82) is 0 Å². The standard InChI is InChI=1S/C14H15FN2O2/c1-9-6-10(2)17(16-9)8-13(18)12-7-11(15)4-5-14(12)19-3/h4-7H,8H2,1-3H3. The molecule has 5 heteroatoms. The lowest BCUT2D eigenvalue weighted by Gasteiger charge is -2.08. The number of benzene rings is 1. The number of rotatable bonds is 4. The van der Waals surface area contributed by atoms with Crippen LogP contribution in [0.1, 0.15) is 21.7 Å². The molecule has 0 bridgehead atoms. The number of hydrogen-bond donors (Lipinski definition) is 0. The molecule has 100 valence electrons. The van der Waals surface area contributed by atoms with Gasteiger partial charge >= 0.3 is 0 Å². The van der Waals surface area contributed by atoms with Crippen LogP contribution in [0, 0.1) is 19.7 Å². The Labute approximate surface area is 110 Å². The highest BCUT2D eigenvalue weighted by molar-refractivity contribution is 5.98. The summed E-state index contributed by atoms with van der Waals surface area (Å²) in [6, 6.07) is 5.78. The first-order chi connectivity index (χ1) is 9.01. The van der Waals surface area contributed by atoms with Crippen molar-refractivity contribution in [2.45, 2.75) is 20.4 Å². The Morgan fingerprint density at radius 1 is 1.37 bits per heavy atom. The molecule has 0 atom stereocenters. The highest BCUT2D eigenvalue weighted by Crippen LogP contribution is 2.20. The number of carbonyl (C=O) groups is 1. The van der Waals surface area contributed by atoms with Gasteiger partial charge in [-0.25, -0.2) is 4.39 Å². The Morgan fingerprint density at radius 2 is 2.11 bits per heavy atom. The van der Waals surface area contributed by atoms with E-state index >= 15 is 0 Å². The van der Waals surface area contributed by atoms with E-state index in [-0.39, 0.29) is 17.9 Å². The number of aromatic nitrogens is 2. The van der Waals surface area contributed by atoms with Crippen LogP contribution >= 0.6 is 0 Å². The summed E-state index contributed by atoms with van der Waals surface area (Å²) in [5, 5.41) is 4.21. The Bertz CT molecular complexity index is 620. The summed E-state index contributed by atoms with van der Waals surface area (Å²) in [5.74, 6) is -0.326. The lowest BCUT2D eigenvalue weighted by molar-refractivity contribution is 0.0963. The van der Waals surface area contributed by atoms with Crippen molar-refractivity contribution in [3.8, 4) is 5.75 Å². The van der Waals surface area contributed by atoms with Crippen LogP contribution in [0.25, 0.3) is 0 Å². The molecule has 2 aromatic rings. The van der Waals surface area contributed by atoms with Crippen LogP contribution in [0.3, 0.4) is 0 Å². The quantitative estimate of drug-likeness (QED) is 0.795. The van der Waals surface area contributed by atoms with Gasteiger partial charge in [0.1, 0.15) is 18.1 Å². The van der Waals surface area contributed by atoms with Gasteiger partial charge in [-0.3, -0.25) is 9.48 Å². The number of ether oxygens (including phenoxy) is 1. The van der Waals surface area contributed by atoms with Crippen LogP contribution in [0.2, 0.25) is 0 Å². The molecule has 0 aliphatic rings. The molecule has 0 unspecified atom stereocenters. The average molecular weight is 262 g/mol. The van der Waals surface area contributed by atoms with Gasteiger partial charge in [-0.1, -0.05) is 0 Å². The molecule has 0 fully saturated rings. The molecule has 0 saturated carbocycles. The first-order valence-corrected chi connectivity index (χ1v) is 5.89. The van der Waals surface area contributed by atoms with Gasteiger partial charge in [0.05, 0.1) is 18.4 Å². The largest absolute Gasteiger partial charge is 0.496 e. The second-order valence-electron chi connectivity index (χ2n) is 4.35. The van der Waals surface area contributed by atoms with E-state index in [0.717, 1.165) is 11.4 Å². The summed E-state index contributed by atoms with van der Waals surface area (Å²) in [6.45, 7) is 3.80. The molecule has 0 aliphatic carbocycles. The molecule has 0 amide bonds. The number of carbonyl (C=O) groups excluding carboxylic acids is 1. The SMILES string of the molecule is COc1ccc(F)cc1C(=O)Cn1nc(C)cc1C. The number of aryl methyl sites for hydroxylation is 2. The minimum atomic E-state index is -0.461. The molecular formula is C14H15FN2O2. The smallest absolute Gasteiger partial charge is 0.188 e. The van der Waals surface area contributed by atoms with E-state index in [0.29, 0.717) is 5.75 Å². The van der Waals surface area contributed by atoms with Crippen molar-refractivity contribution < 1.29 is 13.9 Å².